The summed E-state index contributed by atoms with van der Waals surface area (Å²) in [7, 11) is -0.489. The Hall–Kier alpha value is -1.41. The van der Waals surface area contributed by atoms with Crippen LogP contribution in [0.2, 0.25) is 18.1 Å². The highest BCUT2D eigenvalue weighted by Crippen LogP contribution is 2.40. The van der Waals surface area contributed by atoms with E-state index < -0.39 is 32.9 Å². The molecule has 0 unspecified atom stereocenters. The molecule has 0 radical (unpaired) electrons. The molecule has 2 fully saturated rings. The zero-order chi connectivity index (χ0) is 19.8. The summed E-state index contributed by atoms with van der Waals surface area (Å²) in [6.07, 6.45) is -1.35. The van der Waals surface area contributed by atoms with Gasteiger partial charge in [-0.25, -0.2) is 4.79 Å². The molecule has 0 amide bonds. The maximum atomic E-state index is 12.4. The summed E-state index contributed by atoms with van der Waals surface area (Å²) in [5.41, 5.74) is 1.08. The number of esters is 1. The number of carbonyl (C=O) groups is 1. The summed E-state index contributed by atoms with van der Waals surface area (Å²) in [5, 5.41) is -0.000963. The molecule has 0 N–H and O–H groups in total. The Balaban J connectivity index is 1.68. The van der Waals surface area contributed by atoms with E-state index in [9.17, 15) is 4.79 Å². The van der Waals surface area contributed by atoms with E-state index in [0.29, 0.717) is 13.0 Å². The third kappa shape index (κ3) is 4.37. The van der Waals surface area contributed by atoms with Crippen molar-refractivity contribution in [1.82, 2.24) is 0 Å². The Morgan fingerprint density at radius 1 is 1.19 bits per heavy atom. The van der Waals surface area contributed by atoms with Gasteiger partial charge in [0.2, 0.25) is 0 Å². The molecular formula is C20H30O6Si. The summed E-state index contributed by atoms with van der Waals surface area (Å²) in [6, 6.07) is 7.79. The standard InChI is InChI=1S/C20H30O6Si/c1-20(2,3)27(5,6)26-18-17-15(24-19(18)21)12-23-16(25-17)11-13-7-9-14(22-4)10-8-13/h7-10,15-18H,11-12H2,1-6H3/t15-,16+,17-,18-/m1/s1. The second kappa shape index (κ2) is 7.54. The summed E-state index contributed by atoms with van der Waals surface area (Å²) in [4.78, 5) is 12.4. The quantitative estimate of drug-likeness (QED) is 0.564. The molecule has 1 aromatic rings. The lowest BCUT2D eigenvalue weighted by atomic mass is 10.1. The van der Waals surface area contributed by atoms with Crippen LogP contribution in [0.3, 0.4) is 0 Å². The van der Waals surface area contributed by atoms with E-state index in [1.165, 1.54) is 0 Å². The highest BCUT2D eigenvalue weighted by Gasteiger charge is 2.53. The first-order valence-electron chi connectivity index (χ1n) is 9.39. The molecule has 0 spiro atoms. The van der Waals surface area contributed by atoms with Gasteiger partial charge in [-0.3, -0.25) is 0 Å². The van der Waals surface area contributed by atoms with Crippen LogP contribution in [0.4, 0.5) is 0 Å². The molecule has 2 aliphatic rings. The Bertz CT molecular complexity index is 666. The van der Waals surface area contributed by atoms with Crippen molar-refractivity contribution in [3.05, 3.63) is 29.8 Å². The Morgan fingerprint density at radius 3 is 2.44 bits per heavy atom. The van der Waals surface area contributed by atoms with Crippen molar-refractivity contribution in [2.24, 2.45) is 0 Å². The van der Waals surface area contributed by atoms with Crippen LogP contribution in [0, 0.1) is 0 Å². The minimum atomic E-state index is -2.13. The fourth-order valence-electron chi connectivity index (χ4n) is 2.99. The molecule has 2 aliphatic heterocycles. The third-order valence-electron chi connectivity index (χ3n) is 5.71. The van der Waals surface area contributed by atoms with Crippen molar-refractivity contribution >= 4 is 14.3 Å². The SMILES string of the molecule is COc1ccc(C[C@H]2OC[C@H]3OC(=O)[C@H](O[Si](C)(C)C(C)(C)C)[C@@H]3O2)cc1. The largest absolute Gasteiger partial charge is 0.497 e. The lowest BCUT2D eigenvalue weighted by Gasteiger charge is -2.39. The molecular weight excluding hydrogens is 364 g/mol. The van der Waals surface area contributed by atoms with Gasteiger partial charge in [-0.1, -0.05) is 32.9 Å². The van der Waals surface area contributed by atoms with Gasteiger partial charge in [0.25, 0.3) is 0 Å². The van der Waals surface area contributed by atoms with Crippen LogP contribution in [-0.4, -0.2) is 52.6 Å². The molecule has 2 saturated heterocycles. The van der Waals surface area contributed by atoms with Crippen LogP contribution in [0.25, 0.3) is 0 Å². The van der Waals surface area contributed by atoms with E-state index in [-0.39, 0.29) is 11.0 Å². The predicted octanol–water partition coefficient (Wildman–Crippen LogP) is 3.30. The molecule has 150 valence electrons. The lowest BCUT2D eigenvalue weighted by Crippen LogP contribution is -2.52. The van der Waals surface area contributed by atoms with Gasteiger partial charge in [-0.15, -0.1) is 0 Å². The van der Waals surface area contributed by atoms with Crippen molar-refractivity contribution in [3.8, 4) is 5.75 Å². The average Bonchev–Trinajstić information content (AvgIpc) is 2.89. The van der Waals surface area contributed by atoms with Gasteiger partial charge >= 0.3 is 5.97 Å². The maximum Gasteiger partial charge on any atom is 0.337 e. The van der Waals surface area contributed by atoms with Gasteiger partial charge in [0, 0.05) is 6.42 Å². The third-order valence-corrected chi connectivity index (χ3v) is 10.2. The summed E-state index contributed by atoms with van der Waals surface area (Å²) >= 11 is 0. The monoisotopic (exact) mass is 394 g/mol. The molecule has 3 rings (SSSR count). The van der Waals surface area contributed by atoms with Crippen LogP contribution in [0.5, 0.6) is 5.75 Å². The predicted molar refractivity (Wildman–Crippen MR) is 103 cm³/mol. The number of methoxy groups -OCH3 is 1. The smallest absolute Gasteiger partial charge is 0.337 e. The molecule has 0 saturated carbocycles. The van der Waals surface area contributed by atoms with Crippen LogP contribution >= 0.6 is 0 Å². The second-order valence-electron chi connectivity index (χ2n) is 8.69. The molecule has 1 aromatic carbocycles. The minimum Gasteiger partial charge on any atom is -0.497 e. The first kappa shape index (κ1) is 20.3. The highest BCUT2D eigenvalue weighted by atomic mass is 28.4. The van der Waals surface area contributed by atoms with Crippen LogP contribution in [0.1, 0.15) is 26.3 Å². The van der Waals surface area contributed by atoms with Crippen LogP contribution in [0.15, 0.2) is 24.3 Å². The van der Waals surface area contributed by atoms with Crippen molar-refractivity contribution in [1.29, 1.82) is 0 Å². The summed E-state index contributed by atoms with van der Waals surface area (Å²) in [6.45, 7) is 11.0. The van der Waals surface area contributed by atoms with Gasteiger partial charge < -0.3 is 23.4 Å². The van der Waals surface area contributed by atoms with Crippen molar-refractivity contribution in [2.45, 2.75) is 69.9 Å². The molecule has 2 heterocycles. The first-order valence-corrected chi connectivity index (χ1v) is 12.3. The Labute approximate surface area is 162 Å². The molecule has 0 aliphatic carbocycles. The zero-order valence-corrected chi connectivity index (χ0v) is 18.0. The van der Waals surface area contributed by atoms with E-state index >= 15 is 0 Å². The van der Waals surface area contributed by atoms with E-state index in [4.69, 9.17) is 23.4 Å². The zero-order valence-electron chi connectivity index (χ0n) is 17.0. The number of hydrogen-bond donors (Lipinski definition) is 0. The minimum absolute atomic E-state index is 0.000963. The van der Waals surface area contributed by atoms with Crippen molar-refractivity contribution < 1.29 is 28.2 Å². The average molecular weight is 395 g/mol. The molecule has 7 heteroatoms. The van der Waals surface area contributed by atoms with E-state index in [1.807, 2.05) is 24.3 Å². The fourth-order valence-corrected chi connectivity index (χ4v) is 4.21. The van der Waals surface area contributed by atoms with Gasteiger partial charge in [0.05, 0.1) is 13.7 Å². The molecule has 4 atom stereocenters. The maximum absolute atomic E-state index is 12.4. The second-order valence-corrected chi connectivity index (χ2v) is 13.4. The number of fused-ring (bicyclic) bond motifs is 1. The van der Waals surface area contributed by atoms with E-state index in [2.05, 4.69) is 33.9 Å². The van der Waals surface area contributed by atoms with Crippen molar-refractivity contribution in [2.75, 3.05) is 13.7 Å². The summed E-state index contributed by atoms with van der Waals surface area (Å²) < 4.78 is 28.9. The molecule has 0 bridgehead atoms. The normalized spacial score (nSPS) is 28.6. The molecule has 27 heavy (non-hydrogen) atoms. The molecule has 6 nitrogen and oxygen atoms in total. The van der Waals surface area contributed by atoms with Crippen LogP contribution in [-0.2, 0) is 29.9 Å². The number of carbonyl (C=O) groups excluding carboxylic acids is 1. The number of hydrogen-bond acceptors (Lipinski definition) is 6. The van der Waals surface area contributed by atoms with E-state index in [0.717, 1.165) is 11.3 Å². The topological polar surface area (TPSA) is 63.2 Å². The number of ether oxygens (including phenoxy) is 4. The lowest BCUT2D eigenvalue weighted by molar-refractivity contribution is -0.245. The van der Waals surface area contributed by atoms with Crippen molar-refractivity contribution in [3.63, 3.8) is 0 Å². The van der Waals surface area contributed by atoms with Gasteiger partial charge in [0.1, 0.15) is 11.9 Å². The van der Waals surface area contributed by atoms with Gasteiger partial charge in [0.15, 0.2) is 26.8 Å². The van der Waals surface area contributed by atoms with Gasteiger partial charge in [-0.05, 0) is 35.8 Å². The number of rotatable bonds is 5. The van der Waals surface area contributed by atoms with Gasteiger partial charge in [-0.2, -0.15) is 0 Å². The number of benzene rings is 1. The van der Waals surface area contributed by atoms with Crippen LogP contribution < -0.4 is 4.74 Å². The Morgan fingerprint density at radius 2 is 1.85 bits per heavy atom. The fraction of sp³-hybridized carbons (Fsp3) is 0.650. The Kier molecular flexibility index (Phi) is 5.68. The summed E-state index contributed by atoms with van der Waals surface area (Å²) in [5.74, 6) is 0.463. The van der Waals surface area contributed by atoms with E-state index in [1.54, 1.807) is 7.11 Å². The highest BCUT2D eigenvalue weighted by molar-refractivity contribution is 6.74. The first-order chi connectivity index (χ1) is 12.6. The molecule has 0 aromatic heterocycles.